The first kappa shape index (κ1) is 20.3. The molecule has 4 aromatic rings. The zero-order valence-corrected chi connectivity index (χ0v) is 17.8. The van der Waals surface area contributed by atoms with Gasteiger partial charge in [-0.15, -0.1) is 0 Å². The number of nitrogens with one attached hydrogen (secondary N) is 3. The standard InChI is InChI=1S/C26H20N4O3/c1-33-26(32)18-9-12-20-21(15-18)30-25(31)22(20)23(16-5-3-2-4-6-16)29-19-10-7-17(8-11-19)24-27-13-14-28-24/h2-15,29H,1H3,(H,27,28)(H,30,31). The van der Waals surface area contributed by atoms with E-state index in [1.54, 1.807) is 30.6 Å². The highest BCUT2D eigenvalue weighted by atomic mass is 16.5. The van der Waals surface area contributed by atoms with Crippen LogP contribution in [0.25, 0.3) is 22.7 Å². The van der Waals surface area contributed by atoms with Crippen LogP contribution in [-0.2, 0) is 9.53 Å². The molecule has 1 aliphatic heterocycles. The lowest BCUT2D eigenvalue weighted by Crippen LogP contribution is -2.10. The second-order valence-electron chi connectivity index (χ2n) is 7.46. The third kappa shape index (κ3) is 3.87. The number of hydrogen-bond acceptors (Lipinski definition) is 5. The number of anilines is 2. The maximum absolute atomic E-state index is 13.1. The number of imidazole rings is 1. The average Bonchev–Trinajstić information content (AvgIpc) is 3.50. The predicted molar refractivity (Wildman–Crippen MR) is 127 cm³/mol. The van der Waals surface area contributed by atoms with Gasteiger partial charge in [0.15, 0.2) is 0 Å². The van der Waals surface area contributed by atoms with E-state index in [0.717, 1.165) is 22.6 Å². The number of rotatable bonds is 5. The average molecular weight is 436 g/mol. The molecule has 33 heavy (non-hydrogen) atoms. The topological polar surface area (TPSA) is 96.1 Å². The largest absolute Gasteiger partial charge is 0.465 e. The van der Waals surface area contributed by atoms with Crippen LogP contribution < -0.4 is 10.6 Å². The van der Waals surface area contributed by atoms with Gasteiger partial charge >= 0.3 is 5.97 Å². The van der Waals surface area contributed by atoms with Gasteiger partial charge in [0, 0.05) is 29.2 Å². The normalized spacial score (nSPS) is 13.8. The van der Waals surface area contributed by atoms with E-state index in [4.69, 9.17) is 4.74 Å². The van der Waals surface area contributed by atoms with Crippen molar-refractivity contribution in [2.45, 2.75) is 0 Å². The summed E-state index contributed by atoms with van der Waals surface area (Å²) >= 11 is 0. The minimum absolute atomic E-state index is 0.245. The summed E-state index contributed by atoms with van der Waals surface area (Å²) < 4.78 is 4.80. The number of amides is 1. The molecule has 0 radical (unpaired) electrons. The molecule has 0 fully saturated rings. The minimum Gasteiger partial charge on any atom is -0.465 e. The van der Waals surface area contributed by atoms with Crippen molar-refractivity contribution in [3.05, 3.63) is 102 Å². The maximum atomic E-state index is 13.1. The van der Waals surface area contributed by atoms with Crippen LogP contribution in [0.2, 0.25) is 0 Å². The molecule has 1 aromatic heterocycles. The van der Waals surface area contributed by atoms with Crippen molar-refractivity contribution >= 4 is 34.5 Å². The summed E-state index contributed by atoms with van der Waals surface area (Å²) in [6.45, 7) is 0. The van der Waals surface area contributed by atoms with Crippen molar-refractivity contribution in [2.24, 2.45) is 0 Å². The number of H-pyrrole nitrogens is 1. The number of benzene rings is 3. The molecule has 1 aliphatic rings. The van der Waals surface area contributed by atoms with Gasteiger partial charge < -0.3 is 20.4 Å². The van der Waals surface area contributed by atoms with Crippen LogP contribution in [0.1, 0.15) is 21.5 Å². The van der Waals surface area contributed by atoms with E-state index in [9.17, 15) is 9.59 Å². The first-order valence-corrected chi connectivity index (χ1v) is 10.3. The van der Waals surface area contributed by atoms with Crippen LogP contribution in [-0.4, -0.2) is 29.0 Å². The molecule has 162 valence electrons. The Balaban J connectivity index is 1.58. The van der Waals surface area contributed by atoms with Gasteiger partial charge in [0.05, 0.1) is 29.6 Å². The third-order valence-electron chi connectivity index (χ3n) is 5.42. The number of fused-ring (bicyclic) bond motifs is 1. The van der Waals surface area contributed by atoms with E-state index in [1.165, 1.54) is 7.11 Å². The van der Waals surface area contributed by atoms with Gasteiger partial charge in [0.1, 0.15) is 5.82 Å². The van der Waals surface area contributed by atoms with Crippen LogP contribution in [0, 0.1) is 0 Å². The Morgan fingerprint density at radius 2 is 1.76 bits per heavy atom. The molecule has 0 saturated carbocycles. The Morgan fingerprint density at radius 1 is 0.970 bits per heavy atom. The zero-order valence-electron chi connectivity index (χ0n) is 17.8. The number of carbonyl (C=O) groups is 2. The smallest absolute Gasteiger partial charge is 0.337 e. The molecule has 5 rings (SSSR count). The quantitative estimate of drug-likeness (QED) is 0.309. The fourth-order valence-corrected chi connectivity index (χ4v) is 3.83. The number of ether oxygens (including phenoxy) is 1. The number of aromatic nitrogens is 2. The molecule has 3 N–H and O–H groups in total. The third-order valence-corrected chi connectivity index (χ3v) is 5.42. The second-order valence-corrected chi connectivity index (χ2v) is 7.46. The van der Waals surface area contributed by atoms with Crippen molar-refractivity contribution in [3.8, 4) is 11.4 Å². The Kier molecular flexibility index (Phi) is 5.20. The number of methoxy groups -OCH3 is 1. The lowest BCUT2D eigenvalue weighted by molar-refractivity contribution is -0.110. The van der Waals surface area contributed by atoms with Gasteiger partial charge in [-0.3, -0.25) is 4.79 Å². The van der Waals surface area contributed by atoms with Crippen LogP contribution in [0.15, 0.2) is 85.2 Å². The Bertz CT molecular complexity index is 1360. The molecular weight excluding hydrogens is 416 g/mol. The number of hydrogen-bond donors (Lipinski definition) is 3. The molecule has 0 unspecified atom stereocenters. The summed E-state index contributed by atoms with van der Waals surface area (Å²) in [6, 6.07) is 22.5. The van der Waals surface area contributed by atoms with Crippen molar-refractivity contribution in [2.75, 3.05) is 17.7 Å². The molecule has 3 aromatic carbocycles. The van der Waals surface area contributed by atoms with Gasteiger partial charge in [-0.05, 0) is 42.0 Å². The Hall–Kier alpha value is -4.65. The fourth-order valence-electron chi connectivity index (χ4n) is 3.83. The molecule has 7 heteroatoms. The van der Waals surface area contributed by atoms with Crippen molar-refractivity contribution in [1.29, 1.82) is 0 Å². The van der Waals surface area contributed by atoms with Crippen LogP contribution in [0.3, 0.4) is 0 Å². The van der Waals surface area contributed by atoms with E-state index in [2.05, 4.69) is 20.6 Å². The molecule has 0 spiro atoms. The highest BCUT2D eigenvalue weighted by Crippen LogP contribution is 2.38. The monoisotopic (exact) mass is 436 g/mol. The molecule has 0 saturated heterocycles. The van der Waals surface area contributed by atoms with Crippen LogP contribution in [0.4, 0.5) is 11.4 Å². The number of esters is 1. The predicted octanol–water partition coefficient (Wildman–Crippen LogP) is 4.80. The SMILES string of the molecule is COC(=O)c1ccc2c(c1)NC(=O)C2=C(Nc1ccc(-c2ncc[nH]2)cc1)c1ccccc1. The Labute approximate surface area is 190 Å². The van der Waals surface area contributed by atoms with Gasteiger partial charge in [0.2, 0.25) is 0 Å². The first-order chi connectivity index (χ1) is 16.1. The summed E-state index contributed by atoms with van der Waals surface area (Å²) in [5.41, 5.74) is 5.48. The highest BCUT2D eigenvalue weighted by Gasteiger charge is 2.29. The lowest BCUT2D eigenvalue weighted by atomic mass is 9.99. The van der Waals surface area contributed by atoms with Crippen molar-refractivity contribution in [1.82, 2.24) is 9.97 Å². The van der Waals surface area contributed by atoms with Crippen LogP contribution in [0.5, 0.6) is 0 Å². The summed E-state index contributed by atoms with van der Waals surface area (Å²) in [5.74, 6) is 0.0850. The van der Waals surface area contributed by atoms with Gasteiger partial charge in [-0.2, -0.15) is 0 Å². The van der Waals surface area contributed by atoms with E-state index in [1.807, 2.05) is 54.6 Å². The van der Waals surface area contributed by atoms with Crippen molar-refractivity contribution in [3.63, 3.8) is 0 Å². The minimum atomic E-state index is -0.456. The highest BCUT2D eigenvalue weighted by molar-refractivity contribution is 6.37. The Morgan fingerprint density at radius 3 is 2.45 bits per heavy atom. The van der Waals surface area contributed by atoms with Gasteiger partial charge in [-0.1, -0.05) is 36.4 Å². The molecular formula is C26H20N4O3. The first-order valence-electron chi connectivity index (χ1n) is 10.3. The van der Waals surface area contributed by atoms with Crippen LogP contribution >= 0.6 is 0 Å². The van der Waals surface area contributed by atoms with Gasteiger partial charge in [0.25, 0.3) is 5.91 Å². The van der Waals surface area contributed by atoms with E-state index in [-0.39, 0.29) is 5.91 Å². The second kappa shape index (κ2) is 8.47. The summed E-state index contributed by atoms with van der Waals surface area (Å²) in [4.78, 5) is 32.3. The van der Waals surface area contributed by atoms with E-state index in [0.29, 0.717) is 28.1 Å². The molecule has 0 bridgehead atoms. The molecule has 7 nitrogen and oxygen atoms in total. The molecule has 0 aliphatic carbocycles. The number of carbonyl (C=O) groups excluding carboxylic acids is 2. The van der Waals surface area contributed by atoms with Gasteiger partial charge in [-0.25, -0.2) is 9.78 Å². The number of nitrogens with zero attached hydrogens (tertiary/aromatic N) is 1. The van der Waals surface area contributed by atoms with E-state index >= 15 is 0 Å². The number of aromatic amines is 1. The fraction of sp³-hybridized carbons (Fsp3) is 0.0385. The molecule has 1 amide bonds. The summed E-state index contributed by atoms with van der Waals surface area (Å²) in [5, 5.41) is 6.30. The maximum Gasteiger partial charge on any atom is 0.337 e. The van der Waals surface area contributed by atoms with Crippen molar-refractivity contribution < 1.29 is 14.3 Å². The lowest BCUT2D eigenvalue weighted by Gasteiger charge is -2.15. The zero-order chi connectivity index (χ0) is 22.8. The summed E-state index contributed by atoms with van der Waals surface area (Å²) in [6.07, 6.45) is 3.49. The molecule has 0 atom stereocenters. The van der Waals surface area contributed by atoms with E-state index < -0.39 is 5.97 Å². The molecule has 2 heterocycles. The summed E-state index contributed by atoms with van der Waals surface area (Å²) in [7, 11) is 1.33.